The van der Waals surface area contributed by atoms with Gasteiger partial charge in [-0.1, -0.05) is 13.8 Å². The lowest BCUT2D eigenvalue weighted by Crippen LogP contribution is -2.22. The van der Waals surface area contributed by atoms with Gasteiger partial charge in [0, 0.05) is 18.8 Å². The maximum Gasteiger partial charge on any atom is 0.147 e. The number of hydrogen-bond donors (Lipinski definition) is 1. The van der Waals surface area contributed by atoms with Crippen LogP contribution in [0.1, 0.15) is 26.0 Å². The Bertz CT molecular complexity index is 469. The molecule has 19 heavy (non-hydrogen) atoms. The summed E-state index contributed by atoms with van der Waals surface area (Å²) in [7, 11) is -2.90. The molecule has 6 heteroatoms. The number of hydrogen-bond acceptors (Lipinski definition) is 5. The zero-order valence-corrected chi connectivity index (χ0v) is 12.5. The molecule has 108 valence electrons. The highest BCUT2D eigenvalue weighted by Crippen LogP contribution is 2.09. The molecule has 1 heterocycles. The fourth-order valence-electron chi connectivity index (χ4n) is 1.42. The van der Waals surface area contributed by atoms with E-state index in [1.54, 1.807) is 6.20 Å². The molecule has 0 radical (unpaired) electrons. The molecule has 1 rings (SSSR count). The molecule has 0 aliphatic heterocycles. The Labute approximate surface area is 115 Å². The molecule has 1 N–H and O–H groups in total. The Morgan fingerprint density at radius 3 is 2.63 bits per heavy atom. The van der Waals surface area contributed by atoms with E-state index in [1.807, 2.05) is 12.1 Å². The topological polar surface area (TPSA) is 68.3 Å². The predicted molar refractivity (Wildman–Crippen MR) is 76.0 cm³/mol. The van der Waals surface area contributed by atoms with Crippen molar-refractivity contribution in [2.75, 3.05) is 18.6 Å². The van der Waals surface area contributed by atoms with Gasteiger partial charge in [-0.3, -0.25) is 4.98 Å². The van der Waals surface area contributed by atoms with Crippen molar-refractivity contribution in [1.82, 2.24) is 10.3 Å². The van der Waals surface area contributed by atoms with Crippen molar-refractivity contribution in [2.24, 2.45) is 0 Å². The minimum absolute atomic E-state index is 0.150. The first-order chi connectivity index (χ1) is 8.87. The zero-order valence-electron chi connectivity index (χ0n) is 11.7. The van der Waals surface area contributed by atoms with Gasteiger partial charge in [0.15, 0.2) is 0 Å². The standard InChI is InChI=1S/C13H22N2O3S/c1-11(2)14-9-12-5-6-13(10-15-12)18-7-4-8-19(3,16)17/h5-6,10-11,14H,4,7-9H2,1-3H3. The van der Waals surface area contributed by atoms with E-state index >= 15 is 0 Å². The molecule has 5 nitrogen and oxygen atoms in total. The molecule has 0 fully saturated rings. The van der Waals surface area contributed by atoms with Crippen molar-refractivity contribution in [1.29, 1.82) is 0 Å². The Kier molecular flexibility index (Phi) is 6.24. The first-order valence-corrected chi connectivity index (χ1v) is 8.42. The molecule has 0 amide bonds. The van der Waals surface area contributed by atoms with Gasteiger partial charge >= 0.3 is 0 Å². The highest BCUT2D eigenvalue weighted by molar-refractivity contribution is 7.90. The van der Waals surface area contributed by atoms with Gasteiger partial charge < -0.3 is 10.1 Å². The number of nitrogens with one attached hydrogen (secondary N) is 1. The van der Waals surface area contributed by atoms with E-state index in [0.29, 0.717) is 24.8 Å². The van der Waals surface area contributed by atoms with E-state index in [4.69, 9.17) is 4.74 Å². The molecule has 0 unspecified atom stereocenters. The zero-order chi connectivity index (χ0) is 14.3. The van der Waals surface area contributed by atoms with Gasteiger partial charge in [0.25, 0.3) is 0 Å². The summed E-state index contributed by atoms with van der Waals surface area (Å²) in [5.74, 6) is 0.818. The summed E-state index contributed by atoms with van der Waals surface area (Å²) in [4.78, 5) is 4.27. The molecule has 0 saturated heterocycles. The summed E-state index contributed by atoms with van der Waals surface area (Å²) in [6, 6.07) is 4.18. The summed E-state index contributed by atoms with van der Waals surface area (Å²) < 4.78 is 27.3. The highest BCUT2D eigenvalue weighted by Gasteiger charge is 2.02. The van der Waals surface area contributed by atoms with E-state index in [-0.39, 0.29) is 5.75 Å². The third-order valence-corrected chi connectivity index (χ3v) is 3.45. The number of nitrogens with zero attached hydrogens (tertiary/aromatic N) is 1. The van der Waals surface area contributed by atoms with Crippen molar-refractivity contribution in [3.63, 3.8) is 0 Å². The van der Waals surface area contributed by atoms with Crippen LogP contribution in [0.15, 0.2) is 18.3 Å². The summed E-state index contributed by atoms with van der Waals surface area (Å²) in [6.45, 7) is 5.28. The van der Waals surface area contributed by atoms with Crippen molar-refractivity contribution in [3.05, 3.63) is 24.0 Å². The maximum atomic E-state index is 10.9. The van der Waals surface area contributed by atoms with Crippen LogP contribution in [-0.2, 0) is 16.4 Å². The first kappa shape index (κ1) is 15.9. The predicted octanol–water partition coefficient (Wildman–Crippen LogP) is 1.39. The first-order valence-electron chi connectivity index (χ1n) is 6.35. The van der Waals surface area contributed by atoms with E-state index in [0.717, 1.165) is 12.2 Å². The van der Waals surface area contributed by atoms with Crippen LogP contribution in [0.2, 0.25) is 0 Å². The highest BCUT2D eigenvalue weighted by atomic mass is 32.2. The van der Waals surface area contributed by atoms with Gasteiger partial charge in [0.2, 0.25) is 0 Å². The van der Waals surface area contributed by atoms with Gasteiger partial charge in [-0.05, 0) is 18.6 Å². The average Bonchev–Trinajstić information content (AvgIpc) is 2.32. The third-order valence-electron chi connectivity index (χ3n) is 2.42. The molecule has 0 aliphatic carbocycles. The molecular weight excluding hydrogens is 264 g/mol. The van der Waals surface area contributed by atoms with Crippen molar-refractivity contribution >= 4 is 9.84 Å². The number of sulfone groups is 1. The van der Waals surface area contributed by atoms with Crippen LogP contribution in [0.3, 0.4) is 0 Å². The Balaban J connectivity index is 2.32. The number of ether oxygens (including phenoxy) is 1. The van der Waals surface area contributed by atoms with Gasteiger partial charge in [0.05, 0.1) is 24.3 Å². The average molecular weight is 286 g/mol. The molecule has 0 aliphatic rings. The molecular formula is C13H22N2O3S. The van der Waals surface area contributed by atoms with Crippen LogP contribution in [0.25, 0.3) is 0 Å². The largest absolute Gasteiger partial charge is 0.492 e. The lowest BCUT2D eigenvalue weighted by molar-refractivity contribution is 0.316. The maximum absolute atomic E-state index is 10.9. The quantitative estimate of drug-likeness (QED) is 0.731. The second kappa shape index (κ2) is 7.45. The van der Waals surface area contributed by atoms with Crippen molar-refractivity contribution < 1.29 is 13.2 Å². The second-order valence-electron chi connectivity index (χ2n) is 4.85. The van der Waals surface area contributed by atoms with Crippen molar-refractivity contribution in [2.45, 2.75) is 32.9 Å². The summed E-state index contributed by atoms with van der Waals surface area (Å²) in [5.41, 5.74) is 0.956. The van der Waals surface area contributed by atoms with Gasteiger partial charge in [-0.15, -0.1) is 0 Å². The summed E-state index contributed by atoms with van der Waals surface area (Å²) in [5, 5.41) is 3.28. The normalized spacial score (nSPS) is 11.8. The molecule has 0 saturated carbocycles. The SMILES string of the molecule is CC(C)NCc1ccc(OCCCS(C)(=O)=O)cn1. The fraction of sp³-hybridized carbons (Fsp3) is 0.615. The Morgan fingerprint density at radius 1 is 1.37 bits per heavy atom. The van der Waals surface area contributed by atoms with Crippen molar-refractivity contribution in [3.8, 4) is 5.75 Å². The second-order valence-corrected chi connectivity index (χ2v) is 7.11. The van der Waals surface area contributed by atoms with Gasteiger partial charge in [-0.25, -0.2) is 8.42 Å². The van der Waals surface area contributed by atoms with Gasteiger partial charge in [0.1, 0.15) is 15.6 Å². The van der Waals surface area contributed by atoms with Crippen LogP contribution < -0.4 is 10.1 Å². The van der Waals surface area contributed by atoms with Crippen LogP contribution in [0.4, 0.5) is 0 Å². The smallest absolute Gasteiger partial charge is 0.147 e. The molecule has 0 aromatic carbocycles. The fourth-order valence-corrected chi connectivity index (χ4v) is 2.06. The summed E-state index contributed by atoms with van der Waals surface area (Å²) >= 11 is 0. The van der Waals surface area contributed by atoms with E-state index < -0.39 is 9.84 Å². The van der Waals surface area contributed by atoms with E-state index in [9.17, 15) is 8.42 Å². The van der Waals surface area contributed by atoms with Crippen LogP contribution >= 0.6 is 0 Å². The number of rotatable bonds is 8. The molecule has 0 spiro atoms. The lowest BCUT2D eigenvalue weighted by atomic mass is 10.3. The van der Waals surface area contributed by atoms with Gasteiger partial charge in [-0.2, -0.15) is 0 Å². The molecule has 1 aromatic rings. The number of aromatic nitrogens is 1. The van der Waals surface area contributed by atoms with Crippen LogP contribution in [0, 0.1) is 0 Å². The van der Waals surface area contributed by atoms with E-state index in [2.05, 4.69) is 24.1 Å². The minimum atomic E-state index is -2.90. The van der Waals surface area contributed by atoms with Crippen LogP contribution in [0.5, 0.6) is 5.75 Å². The lowest BCUT2D eigenvalue weighted by Gasteiger charge is -2.08. The molecule has 0 bridgehead atoms. The monoisotopic (exact) mass is 286 g/mol. The Hall–Kier alpha value is -1.14. The summed E-state index contributed by atoms with van der Waals surface area (Å²) in [6.07, 6.45) is 3.39. The Morgan fingerprint density at radius 2 is 2.11 bits per heavy atom. The molecule has 0 atom stereocenters. The minimum Gasteiger partial charge on any atom is -0.492 e. The molecule has 1 aromatic heterocycles. The third kappa shape index (κ3) is 7.79. The van der Waals surface area contributed by atoms with E-state index in [1.165, 1.54) is 6.26 Å². The van der Waals surface area contributed by atoms with Crippen LogP contribution in [-0.4, -0.2) is 38.1 Å². The number of pyridine rings is 1.